The van der Waals surface area contributed by atoms with Crippen LogP contribution in [0, 0.1) is 0 Å². The summed E-state index contributed by atoms with van der Waals surface area (Å²) in [7, 11) is 0. The smallest absolute Gasteiger partial charge is 0.241 e. The minimum absolute atomic E-state index is 0.243. The van der Waals surface area contributed by atoms with Crippen LogP contribution in [-0.2, 0) is 6.18 Å². The first kappa shape index (κ1) is 16.8. The third-order valence-corrected chi connectivity index (χ3v) is 4.89. The quantitative estimate of drug-likeness (QED) is 0.756. The molecule has 0 amide bonds. The first-order valence-corrected chi connectivity index (χ1v) is 8.39. The van der Waals surface area contributed by atoms with E-state index in [9.17, 15) is 13.2 Å². The van der Waals surface area contributed by atoms with E-state index in [1.165, 1.54) is 31.4 Å². The van der Waals surface area contributed by atoms with Gasteiger partial charge in [0.2, 0.25) is 0 Å². The van der Waals surface area contributed by atoms with Gasteiger partial charge in [0.25, 0.3) is 0 Å². The van der Waals surface area contributed by atoms with E-state index in [0.717, 1.165) is 38.2 Å². The van der Waals surface area contributed by atoms with E-state index in [2.05, 4.69) is 10.0 Å². The minimum Gasteiger partial charge on any atom is -0.241 e. The Morgan fingerprint density at radius 1 is 0.957 bits per heavy atom. The third-order valence-electron chi connectivity index (χ3n) is 4.56. The molecule has 0 saturated carbocycles. The molecule has 0 spiro atoms. The summed E-state index contributed by atoms with van der Waals surface area (Å²) in [5.74, 6) is 0. The summed E-state index contributed by atoms with van der Waals surface area (Å²) in [6, 6.07) is 4.20. The molecule has 23 heavy (non-hydrogen) atoms. The fourth-order valence-electron chi connectivity index (χ4n) is 3.28. The lowest BCUT2D eigenvalue weighted by Gasteiger charge is -2.39. The van der Waals surface area contributed by atoms with E-state index in [1.807, 2.05) is 6.08 Å². The van der Waals surface area contributed by atoms with E-state index in [0.29, 0.717) is 5.56 Å². The molecule has 1 aromatic rings. The number of hydrazine groups is 1. The van der Waals surface area contributed by atoms with Crippen molar-refractivity contribution in [3.63, 3.8) is 0 Å². The van der Waals surface area contributed by atoms with E-state index in [1.54, 1.807) is 6.07 Å². The molecule has 1 saturated heterocycles. The predicted octanol–water partition coefficient (Wildman–Crippen LogP) is 4.85. The second-order valence-electron chi connectivity index (χ2n) is 6.10. The predicted molar refractivity (Wildman–Crippen MR) is 86.0 cm³/mol. The van der Waals surface area contributed by atoms with Gasteiger partial charge in [0.05, 0.1) is 10.6 Å². The Labute approximate surface area is 139 Å². The number of benzene rings is 1. The monoisotopic (exact) mass is 344 g/mol. The van der Waals surface area contributed by atoms with E-state index in [4.69, 9.17) is 11.6 Å². The van der Waals surface area contributed by atoms with Crippen LogP contribution in [0.3, 0.4) is 0 Å². The molecule has 2 aliphatic rings. The van der Waals surface area contributed by atoms with Crippen LogP contribution in [0.2, 0.25) is 5.02 Å². The molecule has 2 aliphatic heterocycles. The van der Waals surface area contributed by atoms with Crippen LogP contribution in [0.5, 0.6) is 0 Å². The molecule has 0 unspecified atom stereocenters. The van der Waals surface area contributed by atoms with Gasteiger partial charge < -0.3 is 0 Å². The molecule has 6 heteroatoms. The SMILES string of the molecule is FC(F)(F)c1cc(C2=CCN(N3CCCCC3)CC2)ccc1Cl. The van der Waals surface area contributed by atoms with Crippen molar-refractivity contribution in [2.24, 2.45) is 0 Å². The molecule has 1 fully saturated rings. The first-order chi connectivity index (χ1) is 10.9. The van der Waals surface area contributed by atoms with Gasteiger partial charge in [0.15, 0.2) is 0 Å². The molecule has 3 rings (SSSR count). The van der Waals surface area contributed by atoms with Gasteiger partial charge in [-0.3, -0.25) is 0 Å². The van der Waals surface area contributed by atoms with Crippen molar-refractivity contribution in [1.29, 1.82) is 0 Å². The van der Waals surface area contributed by atoms with Gasteiger partial charge in [-0.05, 0) is 42.5 Å². The maximum absolute atomic E-state index is 13.0. The topological polar surface area (TPSA) is 6.48 Å². The van der Waals surface area contributed by atoms with Crippen LogP contribution in [-0.4, -0.2) is 36.2 Å². The third kappa shape index (κ3) is 3.90. The normalized spacial score (nSPS) is 21.3. The molecule has 0 radical (unpaired) electrons. The van der Waals surface area contributed by atoms with Crippen LogP contribution in [0.4, 0.5) is 13.2 Å². The molecule has 0 aliphatic carbocycles. The van der Waals surface area contributed by atoms with Crippen molar-refractivity contribution in [1.82, 2.24) is 10.0 Å². The van der Waals surface area contributed by atoms with Crippen molar-refractivity contribution in [3.8, 4) is 0 Å². The summed E-state index contributed by atoms with van der Waals surface area (Å²) in [5, 5.41) is 4.44. The Kier molecular flexibility index (Phi) is 4.99. The lowest BCUT2D eigenvalue weighted by atomic mass is 9.98. The fourth-order valence-corrected chi connectivity index (χ4v) is 3.50. The van der Waals surface area contributed by atoms with Gasteiger partial charge >= 0.3 is 6.18 Å². The number of nitrogens with zero attached hydrogens (tertiary/aromatic N) is 2. The van der Waals surface area contributed by atoms with E-state index >= 15 is 0 Å². The molecule has 0 N–H and O–H groups in total. The van der Waals surface area contributed by atoms with Crippen molar-refractivity contribution in [2.45, 2.75) is 31.9 Å². The summed E-state index contributed by atoms with van der Waals surface area (Å²) < 4.78 is 38.9. The van der Waals surface area contributed by atoms with Crippen LogP contribution in [0.25, 0.3) is 5.57 Å². The van der Waals surface area contributed by atoms with Crippen LogP contribution >= 0.6 is 11.6 Å². The summed E-state index contributed by atoms with van der Waals surface area (Å²) in [6.45, 7) is 3.79. The summed E-state index contributed by atoms with van der Waals surface area (Å²) in [6.07, 6.45) is 2.12. The molecule has 2 nitrogen and oxygen atoms in total. The van der Waals surface area contributed by atoms with Gasteiger partial charge in [0, 0.05) is 26.2 Å². The largest absolute Gasteiger partial charge is 0.417 e. The number of hydrogen-bond donors (Lipinski definition) is 0. The van der Waals surface area contributed by atoms with Crippen LogP contribution in [0.15, 0.2) is 24.3 Å². The lowest BCUT2D eigenvalue weighted by molar-refractivity contribution is -0.137. The average molecular weight is 345 g/mol. The van der Waals surface area contributed by atoms with E-state index < -0.39 is 11.7 Å². The number of piperidine rings is 1. The van der Waals surface area contributed by atoms with Crippen molar-refractivity contribution in [2.75, 3.05) is 26.2 Å². The van der Waals surface area contributed by atoms with Crippen molar-refractivity contribution >= 4 is 17.2 Å². The summed E-state index contributed by atoms with van der Waals surface area (Å²) in [5.41, 5.74) is 0.844. The first-order valence-electron chi connectivity index (χ1n) is 8.01. The van der Waals surface area contributed by atoms with Gasteiger partial charge in [-0.25, -0.2) is 10.0 Å². The zero-order chi connectivity index (χ0) is 16.4. The Bertz CT molecular complexity index is 592. The molecular formula is C17H20ClF3N2. The molecule has 0 bridgehead atoms. The highest BCUT2D eigenvalue weighted by Gasteiger charge is 2.33. The number of halogens is 4. The second kappa shape index (κ2) is 6.83. The van der Waals surface area contributed by atoms with Crippen LogP contribution in [0.1, 0.15) is 36.8 Å². The molecular weight excluding hydrogens is 325 g/mol. The molecule has 1 aromatic carbocycles. The van der Waals surface area contributed by atoms with Gasteiger partial charge in [-0.2, -0.15) is 13.2 Å². The Hall–Kier alpha value is -1.04. The van der Waals surface area contributed by atoms with Gasteiger partial charge in [0.1, 0.15) is 0 Å². The molecule has 2 heterocycles. The maximum Gasteiger partial charge on any atom is 0.417 e. The minimum atomic E-state index is -4.41. The zero-order valence-electron chi connectivity index (χ0n) is 12.9. The molecule has 0 aromatic heterocycles. The number of rotatable bonds is 2. The summed E-state index contributed by atoms with van der Waals surface area (Å²) in [4.78, 5) is 0. The highest BCUT2D eigenvalue weighted by atomic mass is 35.5. The highest BCUT2D eigenvalue weighted by molar-refractivity contribution is 6.31. The van der Waals surface area contributed by atoms with E-state index in [-0.39, 0.29) is 5.02 Å². The average Bonchev–Trinajstić information content (AvgIpc) is 2.55. The number of alkyl halides is 3. The van der Waals surface area contributed by atoms with Gasteiger partial charge in [-0.1, -0.05) is 30.2 Å². The maximum atomic E-state index is 13.0. The summed E-state index contributed by atoms with van der Waals surface area (Å²) >= 11 is 5.69. The standard InChI is InChI=1S/C17H20ClF3N2/c18-16-5-4-14(12-15(16)17(19,20)21)13-6-10-23(11-7-13)22-8-2-1-3-9-22/h4-6,12H,1-3,7-11H2. The Balaban J connectivity index is 1.74. The lowest BCUT2D eigenvalue weighted by Crippen LogP contribution is -2.47. The fraction of sp³-hybridized carbons (Fsp3) is 0.529. The Morgan fingerprint density at radius 3 is 2.30 bits per heavy atom. The second-order valence-corrected chi connectivity index (χ2v) is 6.51. The Morgan fingerprint density at radius 2 is 1.70 bits per heavy atom. The van der Waals surface area contributed by atoms with Gasteiger partial charge in [-0.15, -0.1) is 0 Å². The van der Waals surface area contributed by atoms with Crippen molar-refractivity contribution < 1.29 is 13.2 Å². The highest BCUT2D eigenvalue weighted by Crippen LogP contribution is 2.37. The molecule has 0 atom stereocenters. The zero-order valence-corrected chi connectivity index (χ0v) is 13.6. The number of hydrogen-bond acceptors (Lipinski definition) is 2. The van der Waals surface area contributed by atoms with Crippen molar-refractivity contribution in [3.05, 3.63) is 40.4 Å². The van der Waals surface area contributed by atoms with Crippen LogP contribution < -0.4 is 0 Å². The molecule has 126 valence electrons.